The van der Waals surface area contributed by atoms with E-state index in [2.05, 4.69) is 25.8 Å². The lowest BCUT2D eigenvalue weighted by Crippen LogP contribution is -2.06. The van der Waals surface area contributed by atoms with Gasteiger partial charge < -0.3 is 15.2 Å². The number of nitrogens with one attached hydrogen (secondary N) is 2. The highest BCUT2D eigenvalue weighted by Crippen LogP contribution is 2.31. The number of pyridine rings is 2. The lowest BCUT2D eigenvalue weighted by molar-refractivity contribution is 0.444. The van der Waals surface area contributed by atoms with Crippen LogP contribution in [0.2, 0.25) is 5.15 Å². The summed E-state index contributed by atoms with van der Waals surface area (Å²) in [6.45, 7) is 0.585. The number of nitrogens with zero attached hydrogens (tertiary/aromatic N) is 3. The normalized spacial score (nSPS) is 10.9. The van der Waals surface area contributed by atoms with E-state index in [1.54, 1.807) is 42.9 Å². The minimum absolute atomic E-state index is 0.0910. The molecule has 136 valence electrons. The highest BCUT2D eigenvalue weighted by Gasteiger charge is 2.16. The molecule has 0 unspecified atom stereocenters. The quantitative estimate of drug-likeness (QED) is 0.465. The van der Waals surface area contributed by atoms with E-state index in [9.17, 15) is 4.39 Å². The minimum Gasteiger partial charge on any atom is -0.382 e. The number of fused-ring (bicyclic) bond motifs is 1. The van der Waals surface area contributed by atoms with Gasteiger partial charge in [-0.15, -0.1) is 0 Å². The molecule has 0 atom stereocenters. The summed E-state index contributed by atoms with van der Waals surface area (Å²) in [6, 6.07) is 10.7. The van der Waals surface area contributed by atoms with Crippen molar-refractivity contribution in [3.8, 4) is 0 Å². The van der Waals surface area contributed by atoms with Crippen molar-refractivity contribution in [3.63, 3.8) is 0 Å². The maximum absolute atomic E-state index is 14.7. The Morgan fingerprint density at radius 1 is 1.07 bits per heavy atom. The lowest BCUT2D eigenvalue weighted by atomic mass is 10.2. The molecule has 0 spiro atoms. The van der Waals surface area contributed by atoms with Crippen LogP contribution in [0.15, 0.2) is 59.5 Å². The molecule has 6 nitrogen and oxygen atoms in total. The summed E-state index contributed by atoms with van der Waals surface area (Å²) in [7, 11) is 0. The van der Waals surface area contributed by atoms with Gasteiger partial charge in [0.25, 0.3) is 0 Å². The van der Waals surface area contributed by atoms with Gasteiger partial charge in [0.1, 0.15) is 5.15 Å². The van der Waals surface area contributed by atoms with Crippen LogP contribution >= 0.6 is 11.6 Å². The first kappa shape index (κ1) is 17.2. The molecular formula is C19H15ClFN5O. The summed E-state index contributed by atoms with van der Waals surface area (Å²) in [5, 5.41) is 11.0. The predicted octanol–water partition coefficient (Wildman–Crippen LogP) is 4.81. The number of rotatable bonds is 6. The Labute approximate surface area is 159 Å². The average Bonchev–Trinajstić information content (AvgIpc) is 3.10. The van der Waals surface area contributed by atoms with Crippen LogP contribution in [0.3, 0.4) is 0 Å². The van der Waals surface area contributed by atoms with Crippen LogP contribution in [-0.4, -0.2) is 21.7 Å². The summed E-state index contributed by atoms with van der Waals surface area (Å²) < 4.78 is 19.9. The van der Waals surface area contributed by atoms with Crippen molar-refractivity contribution in [1.82, 2.24) is 15.1 Å². The minimum atomic E-state index is -0.475. The standard InChI is InChI=1S/C19H15ClFN5O/c20-16-4-1-13(11-24-16)25-19-14-2-3-15(17(21)18(14)27-26-19)23-10-7-12-5-8-22-9-6-12/h1-6,8-9,11,23H,7,10H2,(H,25,26). The van der Waals surface area contributed by atoms with Gasteiger partial charge in [-0.2, -0.15) is 0 Å². The second-order valence-corrected chi connectivity index (χ2v) is 6.25. The Kier molecular flexibility index (Phi) is 4.84. The molecule has 27 heavy (non-hydrogen) atoms. The topological polar surface area (TPSA) is 75.9 Å². The van der Waals surface area contributed by atoms with Crippen LogP contribution in [0, 0.1) is 5.82 Å². The maximum Gasteiger partial charge on any atom is 0.206 e. The zero-order valence-electron chi connectivity index (χ0n) is 14.1. The molecule has 0 aliphatic carbocycles. The summed E-state index contributed by atoms with van der Waals surface area (Å²) in [5.74, 6) is -0.0617. The highest BCUT2D eigenvalue weighted by atomic mass is 35.5. The molecule has 3 aromatic heterocycles. The highest BCUT2D eigenvalue weighted by molar-refractivity contribution is 6.29. The monoisotopic (exact) mass is 383 g/mol. The van der Waals surface area contributed by atoms with Gasteiger partial charge >= 0.3 is 0 Å². The van der Waals surface area contributed by atoms with Crippen LogP contribution in [0.25, 0.3) is 11.0 Å². The summed E-state index contributed by atoms with van der Waals surface area (Å²) in [5.41, 5.74) is 2.26. The number of hydrogen-bond donors (Lipinski definition) is 2. The number of anilines is 3. The Balaban J connectivity index is 1.50. The van der Waals surface area contributed by atoms with Gasteiger partial charge in [0.05, 0.1) is 23.0 Å². The predicted molar refractivity (Wildman–Crippen MR) is 103 cm³/mol. The molecule has 0 saturated heterocycles. The number of aromatic nitrogens is 3. The van der Waals surface area contributed by atoms with Gasteiger partial charge in [-0.25, -0.2) is 9.37 Å². The first-order chi connectivity index (χ1) is 13.2. The molecule has 0 bridgehead atoms. The molecule has 0 amide bonds. The van der Waals surface area contributed by atoms with Crippen molar-refractivity contribution in [1.29, 1.82) is 0 Å². The SMILES string of the molecule is Fc1c(NCCc2ccncc2)ccc2c(Nc3ccc(Cl)nc3)noc12. The van der Waals surface area contributed by atoms with Crippen LogP contribution in [0.1, 0.15) is 5.56 Å². The third-order valence-corrected chi connectivity index (χ3v) is 4.27. The summed E-state index contributed by atoms with van der Waals surface area (Å²) in [6.07, 6.45) is 5.80. The maximum atomic E-state index is 14.7. The van der Waals surface area contributed by atoms with E-state index >= 15 is 0 Å². The van der Waals surface area contributed by atoms with Crippen molar-refractivity contribution in [3.05, 3.63) is 71.5 Å². The molecule has 4 aromatic rings. The van der Waals surface area contributed by atoms with E-state index in [4.69, 9.17) is 16.1 Å². The van der Waals surface area contributed by atoms with Crippen molar-refractivity contribution in [2.45, 2.75) is 6.42 Å². The van der Waals surface area contributed by atoms with Gasteiger partial charge in [-0.05, 0) is 48.4 Å². The molecule has 0 aliphatic rings. The van der Waals surface area contributed by atoms with Gasteiger partial charge in [0.2, 0.25) is 5.58 Å². The van der Waals surface area contributed by atoms with E-state index < -0.39 is 5.82 Å². The van der Waals surface area contributed by atoms with Gasteiger partial charge in [0, 0.05) is 18.9 Å². The number of benzene rings is 1. The van der Waals surface area contributed by atoms with E-state index in [0.29, 0.717) is 34.3 Å². The molecule has 4 rings (SSSR count). The molecule has 0 aliphatic heterocycles. The smallest absolute Gasteiger partial charge is 0.206 e. The van der Waals surface area contributed by atoms with Gasteiger partial charge in [0.15, 0.2) is 11.6 Å². The largest absolute Gasteiger partial charge is 0.382 e. The summed E-state index contributed by atoms with van der Waals surface area (Å²) >= 11 is 5.77. The Morgan fingerprint density at radius 2 is 1.93 bits per heavy atom. The fourth-order valence-corrected chi connectivity index (χ4v) is 2.79. The van der Waals surface area contributed by atoms with Crippen molar-refractivity contribution in [2.75, 3.05) is 17.2 Å². The fourth-order valence-electron chi connectivity index (χ4n) is 2.68. The first-order valence-electron chi connectivity index (χ1n) is 8.30. The zero-order chi connectivity index (χ0) is 18.6. The first-order valence-corrected chi connectivity index (χ1v) is 8.68. The lowest BCUT2D eigenvalue weighted by Gasteiger charge is -2.08. The van der Waals surface area contributed by atoms with Gasteiger partial charge in [-0.1, -0.05) is 16.8 Å². The van der Waals surface area contributed by atoms with Crippen LogP contribution in [0.5, 0.6) is 0 Å². The Bertz CT molecular complexity index is 1050. The fraction of sp³-hybridized carbons (Fsp3) is 0.105. The molecule has 0 fully saturated rings. The number of hydrogen-bond acceptors (Lipinski definition) is 6. The molecular weight excluding hydrogens is 369 g/mol. The number of halogens is 2. The molecule has 0 saturated carbocycles. The third-order valence-electron chi connectivity index (χ3n) is 4.05. The van der Waals surface area contributed by atoms with Crippen molar-refractivity contribution >= 4 is 39.8 Å². The molecule has 3 heterocycles. The molecule has 8 heteroatoms. The second-order valence-electron chi connectivity index (χ2n) is 5.86. The Hall–Kier alpha value is -3.19. The van der Waals surface area contributed by atoms with Crippen LogP contribution in [0.4, 0.5) is 21.6 Å². The average molecular weight is 384 g/mol. The third kappa shape index (κ3) is 3.83. The van der Waals surface area contributed by atoms with Crippen LogP contribution < -0.4 is 10.6 Å². The van der Waals surface area contributed by atoms with Gasteiger partial charge in [-0.3, -0.25) is 4.98 Å². The van der Waals surface area contributed by atoms with E-state index in [1.807, 2.05) is 12.1 Å². The summed E-state index contributed by atoms with van der Waals surface area (Å²) in [4.78, 5) is 7.97. The van der Waals surface area contributed by atoms with E-state index in [0.717, 1.165) is 12.0 Å². The van der Waals surface area contributed by atoms with E-state index in [-0.39, 0.29) is 5.58 Å². The van der Waals surface area contributed by atoms with E-state index in [1.165, 1.54) is 0 Å². The molecule has 2 N–H and O–H groups in total. The van der Waals surface area contributed by atoms with Crippen molar-refractivity contribution < 1.29 is 8.91 Å². The zero-order valence-corrected chi connectivity index (χ0v) is 14.9. The molecule has 1 aromatic carbocycles. The molecule has 0 radical (unpaired) electrons. The Morgan fingerprint density at radius 3 is 2.70 bits per heavy atom. The second kappa shape index (κ2) is 7.59. The van der Waals surface area contributed by atoms with Crippen LogP contribution in [-0.2, 0) is 6.42 Å². The van der Waals surface area contributed by atoms with Crippen molar-refractivity contribution in [2.24, 2.45) is 0 Å².